The lowest BCUT2D eigenvalue weighted by Gasteiger charge is -2.02. The van der Waals surface area contributed by atoms with Crippen molar-refractivity contribution in [2.24, 2.45) is 7.05 Å². The van der Waals surface area contributed by atoms with E-state index in [2.05, 4.69) is 5.10 Å². The summed E-state index contributed by atoms with van der Waals surface area (Å²) in [6, 6.07) is 7.09. The van der Waals surface area contributed by atoms with E-state index in [4.69, 9.17) is 5.73 Å². The van der Waals surface area contributed by atoms with E-state index < -0.39 is 0 Å². The van der Waals surface area contributed by atoms with Crippen LogP contribution in [0, 0.1) is 5.82 Å². The molecule has 0 unspecified atom stereocenters. The highest BCUT2D eigenvalue weighted by molar-refractivity contribution is 5.63. The maximum atomic E-state index is 13.9. The molecule has 1 heterocycles. The second-order valence-electron chi connectivity index (χ2n) is 4.59. The van der Waals surface area contributed by atoms with E-state index in [1.54, 1.807) is 23.9 Å². The molecule has 2 N–H and O–H groups in total. The number of nitrogens with zero attached hydrogens (tertiary/aromatic N) is 2. The number of hydrogen-bond donors (Lipinski definition) is 1. The van der Waals surface area contributed by atoms with Crippen LogP contribution in [0.2, 0.25) is 0 Å². The van der Waals surface area contributed by atoms with Crippen molar-refractivity contribution in [1.82, 2.24) is 9.78 Å². The van der Waals surface area contributed by atoms with Gasteiger partial charge in [-0.05, 0) is 30.4 Å². The first kappa shape index (κ1) is 10.3. The molecule has 17 heavy (non-hydrogen) atoms. The van der Waals surface area contributed by atoms with Crippen LogP contribution >= 0.6 is 0 Å². The molecule has 1 saturated carbocycles. The van der Waals surface area contributed by atoms with Gasteiger partial charge in [-0.25, -0.2) is 4.39 Å². The lowest BCUT2D eigenvalue weighted by molar-refractivity contribution is 0.611. The molecule has 0 spiro atoms. The molecular formula is C13H14FN3. The molecule has 88 valence electrons. The van der Waals surface area contributed by atoms with Gasteiger partial charge in [-0.15, -0.1) is 0 Å². The minimum Gasteiger partial charge on any atom is -0.384 e. The van der Waals surface area contributed by atoms with Crippen molar-refractivity contribution < 1.29 is 4.39 Å². The first-order valence-electron chi connectivity index (χ1n) is 5.74. The predicted molar refractivity (Wildman–Crippen MR) is 65.0 cm³/mol. The zero-order valence-corrected chi connectivity index (χ0v) is 9.65. The second kappa shape index (κ2) is 3.58. The number of aryl methyl sites for hydroxylation is 1. The molecular weight excluding hydrogens is 217 g/mol. The van der Waals surface area contributed by atoms with Crippen LogP contribution in [0.15, 0.2) is 24.3 Å². The average molecular weight is 231 g/mol. The Balaban J connectivity index is 2.00. The van der Waals surface area contributed by atoms with Gasteiger partial charge in [0, 0.05) is 18.7 Å². The first-order valence-corrected chi connectivity index (χ1v) is 5.74. The predicted octanol–water partition coefficient (Wildman–Crippen LogP) is 2.69. The van der Waals surface area contributed by atoms with Crippen molar-refractivity contribution in [3.05, 3.63) is 35.6 Å². The molecule has 0 atom stereocenters. The molecule has 1 aromatic carbocycles. The molecule has 1 aliphatic carbocycles. The standard InChI is InChI=1S/C13H14FN3/c1-17-13(15)7-12(16-17)9-4-5-10(8-2-3-8)11(14)6-9/h4-8H,2-3,15H2,1H3. The van der Waals surface area contributed by atoms with Crippen molar-refractivity contribution in [2.75, 3.05) is 5.73 Å². The Morgan fingerprint density at radius 3 is 2.65 bits per heavy atom. The molecule has 1 aromatic heterocycles. The van der Waals surface area contributed by atoms with E-state index in [0.29, 0.717) is 17.4 Å². The van der Waals surface area contributed by atoms with Gasteiger partial charge in [0.2, 0.25) is 0 Å². The van der Waals surface area contributed by atoms with Gasteiger partial charge in [0.05, 0.1) is 5.69 Å². The maximum absolute atomic E-state index is 13.9. The zero-order chi connectivity index (χ0) is 12.0. The summed E-state index contributed by atoms with van der Waals surface area (Å²) < 4.78 is 15.5. The Morgan fingerprint density at radius 1 is 1.35 bits per heavy atom. The smallest absolute Gasteiger partial charge is 0.127 e. The second-order valence-corrected chi connectivity index (χ2v) is 4.59. The highest BCUT2D eigenvalue weighted by Crippen LogP contribution is 2.41. The first-order chi connectivity index (χ1) is 8.15. The fourth-order valence-corrected chi connectivity index (χ4v) is 2.03. The Labute approximate surface area is 99.1 Å². The summed E-state index contributed by atoms with van der Waals surface area (Å²) in [7, 11) is 1.77. The molecule has 3 rings (SSSR count). The Bertz CT molecular complexity index is 551. The number of benzene rings is 1. The fourth-order valence-electron chi connectivity index (χ4n) is 2.03. The highest BCUT2D eigenvalue weighted by Gasteiger charge is 2.26. The van der Waals surface area contributed by atoms with Crippen LogP contribution in [0.4, 0.5) is 10.2 Å². The van der Waals surface area contributed by atoms with Crippen LogP contribution in [0.25, 0.3) is 11.3 Å². The summed E-state index contributed by atoms with van der Waals surface area (Å²) in [4.78, 5) is 0. The van der Waals surface area contributed by atoms with Crippen molar-refractivity contribution in [2.45, 2.75) is 18.8 Å². The molecule has 3 nitrogen and oxygen atoms in total. The largest absolute Gasteiger partial charge is 0.384 e. The Morgan fingerprint density at radius 2 is 2.12 bits per heavy atom. The summed E-state index contributed by atoms with van der Waals surface area (Å²) in [6.45, 7) is 0. The number of nitrogens with two attached hydrogens (primary N) is 1. The maximum Gasteiger partial charge on any atom is 0.127 e. The van der Waals surface area contributed by atoms with Gasteiger partial charge < -0.3 is 5.73 Å². The van der Waals surface area contributed by atoms with Gasteiger partial charge in [0.15, 0.2) is 0 Å². The molecule has 1 fully saturated rings. The summed E-state index contributed by atoms with van der Waals surface area (Å²) in [5.74, 6) is 0.874. The highest BCUT2D eigenvalue weighted by atomic mass is 19.1. The third-order valence-electron chi connectivity index (χ3n) is 3.23. The third-order valence-corrected chi connectivity index (χ3v) is 3.23. The van der Waals surface area contributed by atoms with Gasteiger partial charge in [-0.1, -0.05) is 12.1 Å². The topological polar surface area (TPSA) is 43.8 Å². The fraction of sp³-hybridized carbons (Fsp3) is 0.308. The monoisotopic (exact) mass is 231 g/mol. The normalized spacial score (nSPS) is 15.2. The average Bonchev–Trinajstić information content (AvgIpc) is 3.07. The van der Waals surface area contributed by atoms with Crippen molar-refractivity contribution in [3.63, 3.8) is 0 Å². The van der Waals surface area contributed by atoms with Crippen LogP contribution in [0.5, 0.6) is 0 Å². The van der Waals surface area contributed by atoms with E-state index in [0.717, 1.165) is 24.0 Å². The Kier molecular flexibility index (Phi) is 2.18. The van der Waals surface area contributed by atoms with Crippen LogP contribution in [-0.2, 0) is 7.05 Å². The van der Waals surface area contributed by atoms with Gasteiger partial charge in [0.25, 0.3) is 0 Å². The minimum absolute atomic E-state index is 0.130. The molecule has 0 saturated heterocycles. The summed E-state index contributed by atoms with van der Waals surface area (Å²) in [5, 5.41) is 4.24. The lowest BCUT2D eigenvalue weighted by Crippen LogP contribution is -1.96. The van der Waals surface area contributed by atoms with Crippen LogP contribution in [0.1, 0.15) is 24.3 Å². The number of hydrogen-bond acceptors (Lipinski definition) is 2. The van der Waals surface area contributed by atoms with Crippen molar-refractivity contribution in [1.29, 1.82) is 0 Å². The van der Waals surface area contributed by atoms with Crippen LogP contribution in [0.3, 0.4) is 0 Å². The molecule has 0 amide bonds. The summed E-state index contributed by atoms with van der Waals surface area (Å²) in [5.41, 5.74) is 8.03. The molecule has 1 aliphatic rings. The zero-order valence-electron chi connectivity index (χ0n) is 9.65. The van der Waals surface area contributed by atoms with Crippen molar-refractivity contribution >= 4 is 5.82 Å². The third kappa shape index (κ3) is 1.79. The molecule has 0 radical (unpaired) electrons. The van der Waals surface area contributed by atoms with E-state index in [1.807, 2.05) is 12.1 Å². The summed E-state index contributed by atoms with van der Waals surface area (Å²) >= 11 is 0. The van der Waals surface area contributed by atoms with E-state index >= 15 is 0 Å². The molecule has 2 aromatic rings. The summed E-state index contributed by atoms with van der Waals surface area (Å²) in [6.07, 6.45) is 2.21. The number of halogens is 1. The van der Waals surface area contributed by atoms with Crippen molar-refractivity contribution in [3.8, 4) is 11.3 Å². The van der Waals surface area contributed by atoms with Crippen LogP contribution < -0.4 is 5.73 Å². The number of nitrogen functional groups attached to an aromatic ring is 1. The van der Waals surface area contributed by atoms with Gasteiger partial charge in [0.1, 0.15) is 11.6 Å². The van der Waals surface area contributed by atoms with E-state index in [9.17, 15) is 4.39 Å². The number of anilines is 1. The molecule has 0 bridgehead atoms. The van der Waals surface area contributed by atoms with E-state index in [1.165, 1.54) is 0 Å². The lowest BCUT2D eigenvalue weighted by atomic mass is 10.1. The Hall–Kier alpha value is -1.84. The van der Waals surface area contributed by atoms with Gasteiger partial charge in [-0.3, -0.25) is 4.68 Å². The quantitative estimate of drug-likeness (QED) is 0.863. The van der Waals surface area contributed by atoms with Gasteiger partial charge >= 0.3 is 0 Å². The number of aromatic nitrogens is 2. The van der Waals surface area contributed by atoms with Crippen LogP contribution in [-0.4, -0.2) is 9.78 Å². The van der Waals surface area contributed by atoms with Gasteiger partial charge in [-0.2, -0.15) is 5.10 Å². The molecule has 4 heteroatoms. The van der Waals surface area contributed by atoms with E-state index in [-0.39, 0.29) is 5.82 Å². The SMILES string of the molecule is Cn1nc(-c2ccc(C3CC3)c(F)c2)cc1N. The number of rotatable bonds is 2. The minimum atomic E-state index is -0.130. The molecule has 0 aliphatic heterocycles.